The molecule has 0 bridgehead atoms. The number of rotatable bonds is 5. The molecule has 0 aliphatic carbocycles. The first-order valence-corrected chi connectivity index (χ1v) is 5.75. The van der Waals surface area contributed by atoms with Gasteiger partial charge in [0.15, 0.2) is 0 Å². The number of non-ortho nitro benzene ring substituents is 1. The maximum Gasteiger partial charge on any atom is 0.270 e. The third-order valence-corrected chi connectivity index (χ3v) is 2.58. The monoisotopic (exact) mass is 259 g/mol. The molecule has 5 heteroatoms. The number of aliphatic hydroxyl groups is 1. The fourth-order valence-corrected chi connectivity index (χ4v) is 1.71. The van der Waals surface area contributed by atoms with Crippen molar-refractivity contribution < 1.29 is 14.8 Å². The van der Waals surface area contributed by atoms with Crippen LogP contribution in [-0.2, 0) is 13.2 Å². The maximum absolute atomic E-state index is 10.8. The highest BCUT2D eigenvalue weighted by atomic mass is 16.6. The lowest BCUT2D eigenvalue weighted by atomic mass is 10.1. The molecule has 0 saturated heterocycles. The third kappa shape index (κ3) is 3.53. The average molecular weight is 259 g/mol. The van der Waals surface area contributed by atoms with E-state index in [4.69, 9.17) is 9.84 Å². The summed E-state index contributed by atoms with van der Waals surface area (Å²) < 4.78 is 5.52. The van der Waals surface area contributed by atoms with Crippen LogP contribution in [0.25, 0.3) is 0 Å². The maximum atomic E-state index is 10.8. The predicted octanol–water partition coefficient (Wildman–Crippen LogP) is 2.67. The predicted molar refractivity (Wildman–Crippen MR) is 69.8 cm³/mol. The SMILES string of the molecule is O=[N+]([O-])c1cc(CO)cc(COc2ccccc2)c1. The van der Waals surface area contributed by atoms with Crippen LogP contribution in [0, 0.1) is 10.1 Å². The summed E-state index contributed by atoms with van der Waals surface area (Å²) in [6, 6.07) is 13.7. The molecule has 0 saturated carbocycles. The molecule has 19 heavy (non-hydrogen) atoms. The second-order valence-electron chi connectivity index (χ2n) is 4.02. The van der Waals surface area contributed by atoms with Crippen molar-refractivity contribution in [3.8, 4) is 5.75 Å². The van der Waals surface area contributed by atoms with Crippen molar-refractivity contribution in [2.24, 2.45) is 0 Å². The molecule has 5 nitrogen and oxygen atoms in total. The Labute approximate surface area is 110 Å². The largest absolute Gasteiger partial charge is 0.489 e. The second kappa shape index (κ2) is 5.97. The Morgan fingerprint density at radius 3 is 2.42 bits per heavy atom. The molecule has 0 aromatic heterocycles. The van der Waals surface area contributed by atoms with E-state index in [9.17, 15) is 10.1 Å². The van der Waals surface area contributed by atoms with E-state index in [1.807, 2.05) is 30.3 Å². The highest BCUT2D eigenvalue weighted by Crippen LogP contribution is 2.19. The number of aliphatic hydroxyl groups excluding tert-OH is 1. The van der Waals surface area contributed by atoms with Crippen molar-refractivity contribution in [2.45, 2.75) is 13.2 Å². The van der Waals surface area contributed by atoms with E-state index in [-0.39, 0.29) is 18.9 Å². The van der Waals surface area contributed by atoms with Crippen molar-refractivity contribution in [3.05, 3.63) is 69.8 Å². The lowest BCUT2D eigenvalue weighted by molar-refractivity contribution is -0.385. The summed E-state index contributed by atoms with van der Waals surface area (Å²) in [4.78, 5) is 10.3. The number of hydrogen-bond donors (Lipinski definition) is 1. The first-order valence-electron chi connectivity index (χ1n) is 5.75. The van der Waals surface area contributed by atoms with Gasteiger partial charge in [-0.05, 0) is 29.3 Å². The van der Waals surface area contributed by atoms with Gasteiger partial charge in [0.25, 0.3) is 5.69 Å². The number of ether oxygens (including phenoxy) is 1. The number of nitrogens with zero attached hydrogens (tertiary/aromatic N) is 1. The molecule has 2 aromatic rings. The molecule has 0 fully saturated rings. The van der Waals surface area contributed by atoms with Gasteiger partial charge in [-0.2, -0.15) is 0 Å². The zero-order valence-corrected chi connectivity index (χ0v) is 10.2. The molecule has 0 spiro atoms. The molecular formula is C14H13NO4. The van der Waals surface area contributed by atoms with Gasteiger partial charge in [-0.15, -0.1) is 0 Å². The summed E-state index contributed by atoms with van der Waals surface area (Å²) >= 11 is 0. The zero-order chi connectivity index (χ0) is 13.7. The van der Waals surface area contributed by atoms with Gasteiger partial charge in [-0.1, -0.05) is 18.2 Å². The van der Waals surface area contributed by atoms with Crippen LogP contribution in [0.4, 0.5) is 5.69 Å². The Kier molecular flexibility index (Phi) is 4.10. The summed E-state index contributed by atoms with van der Waals surface area (Å²) in [7, 11) is 0. The van der Waals surface area contributed by atoms with Crippen molar-refractivity contribution in [1.29, 1.82) is 0 Å². The first-order chi connectivity index (χ1) is 9.19. The topological polar surface area (TPSA) is 72.6 Å². The van der Waals surface area contributed by atoms with E-state index in [1.54, 1.807) is 6.07 Å². The van der Waals surface area contributed by atoms with Crippen molar-refractivity contribution in [1.82, 2.24) is 0 Å². The van der Waals surface area contributed by atoms with Gasteiger partial charge in [0.2, 0.25) is 0 Å². The van der Waals surface area contributed by atoms with Gasteiger partial charge in [-0.25, -0.2) is 0 Å². The highest BCUT2D eigenvalue weighted by molar-refractivity contribution is 5.39. The summed E-state index contributed by atoms with van der Waals surface area (Å²) in [5, 5.41) is 19.9. The van der Waals surface area contributed by atoms with Crippen LogP contribution in [-0.4, -0.2) is 10.0 Å². The molecule has 0 atom stereocenters. The van der Waals surface area contributed by atoms with E-state index in [2.05, 4.69) is 0 Å². The van der Waals surface area contributed by atoms with E-state index in [0.29, 0.717) is 16.9 Å². The van der Waals surface area contributed by atoms with E-state index < -0.39 is 4.92 Å². The average Bonchev–Trinajstić information content (AvgIpc) is 2.45. The Morgan fingerprint density at radius 1 is 1.11 bits per heavy atom. The molecule has 0 radical (unpaired) electrons. The molecule has 0 aliphatic rings. The standard InChI is InChI=1S/C14H13NO4/c16-9-11-6-12(8-13(7-11)15(17)18)10-19-14-4-2-1-3-5-14/h1-8,16H,9-10H2. The van der Waals surface area contributed by atoms with E-state index in [1.165, 1.54) is 12.1 Å². The minimum Gasteiger partial charge on any atom is -0.489 e. The van der Waals surface area contributed by atoms with E-state index >= 15 is 0 Å². The minimum absolute atomic E-state index is 0.0433. The zero-order valence-electron chi connectivity index (χ0n) is 10.2. The Morgan fingerprint density at radius 2 is 1.79 bits per heavy atom. The molecule has 2 rings (SSSR count). The Bertz CT molecular complexity index is 569. The third-order valence-electron chi connectivity index (χ3n) is 2.58. The van der Waals surface area contributed by atoms with Gasteiger partial charge in [0, 0.05) is 12.1 Å². The molecule has 0 unspecified atom stereocenters. The number of para-hydroxylation sites is 1. The molecule has 0 amide bonds. The van der Waals surface area contributed by atoms with Gasteiger partial charge >= 0.3 is 0 Å². The van der Waals surface area contributed by atoms with Gasteiger partial charge in [-0.3, -0.25) is 10.1 Å². The highest BCUT2D eigenvalue weighted by Gasteiger charge is 2.09. The van der Waals surface area contributed by atoms with Crippen LogP contribution in [0.2, 0.25) is 0 Å². The fourth-order valence-electron chi connectivity index (χ4n) is 1.71. The summed E-state index contributed by atoms with van der Waals surface area (Å²) in [5.74, 6) is 0.694. The van der Waals surface area contributed by atoms with Crippen molar-refractivity contribution >= 4 is 5.69 Å². The Balaban J connectivity index is 2.15. The fraction of sp³-hybridized carbons (Fsp3) is 0.143. The molecular weight excluding hydrogens is 246 g/mol. The first kappa shape index (κ1) is 13.0. The normalized spacial score (nSPS) is 10.2. The molecule has 0 aliphatic heterocycles. The molecule has 0 heterocycles. The van der Waals surface area contributed by atoms with Crippen LogP contribution in [0.5, 0.6) is 5.75 Å². The number of benzene rings is 2. The van der Waals surface area contributed by atoms with Crippen molar-refractivity contribution in [3.63, 3.8) is 0 Å². The number of nitro benzene ring substituents is 1. The molecule has 98 valence electrons. The van der Waals surface area contributed by atoms with Gasteiger partial charge in [0.05, 0.1) is 11.5 Å². The van der Waals surface area contributed by atoms with Crippen LogP contribution in [0.15, 0.2) is 48.5 Å². The lowest BCUT2D eigenvalue weighted by Crippen LogP contribution is -1.99. The molecule has 1 N–H and O–H groups in total. The van der Waals surface area contributed by atoms with Crippen LogP contribution < -0.4 is 4.74 Å². The Hall–Kier alpha value is -2.40. The van der Waals surface area contributed by atoms with Gasteiger partial charge < -0.3 is 9.84 Å². The van der Waals surface area contributed by atoms with Crippen molar-refractivity contribution in [2.75, 3.05) is 0 Å². The quantitative estimate of drug-likeness (QED) is 0.661. The van der Waals surface area contributed by atoms with E-state index in [0.717, 1.165) is 0 Å². The summed E-state index contributed by atoms with van der Waals surface area (Å²) in [5.41, 5.74) is 1.11. The lowest BCUT2D eigenvalue weighted by Gasteiger charge is -2.07. The van der Waals surface area contributed by atoms with Crippen LogP contribution >= 0.6 is 0 Å². The second-order valence-corrected chi connectivity index (χ2v) is 4.02. The van der Waals surface area contributed by atoms with Crippen LogP contribution in [0.3, 0.4) is 0 Å². The van der Waals surface area contributed by atoms with Gasteiger partial charge in [0.1, 0.15) is 12.4 Å². The smallest absolute Gasteiger partial charge is 0.270 e. The number of hydrogen-bond acceptors (Lipinski definition) is 4. The number of nitro groups is 1. The summed E-state index contributed by atoms with van der Waals surface area (Å²) in [6.45, 7) is -0.0152. The summed E-state index contributed by atoms with van der Waals surface area (Å²) in [6.07, 6.45) is 0. The van der Waals surface area contributed by atoms with Crippen LogP contribution in [0.1, 0.15) is 11.1 Å². The minimum atomic E-state index is -0.481. The molecule has 2 aromatic carbocycles.